The minimum absolute atomic E-state index is 0.293. The van der Waals surface area contributed by atoms with Crippen LogP contribution in [0.5, 0.6) is 0 Å². The van der Waals surface area contributed by atoms with Crippen molar-refractivity contribution in [2.75, 3.05) is 0 Å². The van der Waals surface area contributed by atoms with Gasteiger partial charge in [0.15, 0.2) is 0 Å². The molecule has 0 aromatic heterocycles. The maximum Gasteiger partial charge on any atom is 0.413 e. The molecule has 120 valence electrons. The van der Waals surface area contributed by atoms with E-state index in [0.29, 0.717) is 18.8 Å². The highest BCUT2D eigenvalue weighted by Gasteiger charge is 2.32. The van der Waals surface area contributed by atoms with Crippen LogP contribution < -0.4 is 11.0 Å². The molecule has 20 heavy (non-hydrogen) atoms. The summed E-state index contributed by atoms with van der Waals surface area (Å²) in [7, 11) is -9.32. The lowest BCUT2D eigenvalue weighted by atomic mass is 9.82. The molecule has 0 saturated heterocycles. The van der Waals surface area contributed by atoms with Crippen molar-refractivity contribution in [3.63, 3.8) is 0 Å². The van der Waals surface area contributed by atoms with E-state index in [4.69, 9.17) is 9.11 Å². The summed E-state index contributed by atoms with van der Waals surface area (Å²) in [5.74, 6) is 0.293. The third-order valence-electron chi connectivity index (χ3n) is 3.15. The van der Waals surface area contributed by atoms with Gasteiger partial charge in [-0.05, 0) is 25.2 Å². The topological polar surface area (TPSA) is 151 Å². The molecule has 3 atom stereocenters. The van der Waals surface area contributed by atoms with E-state index in [2.05, 4.69) is 19.5 Å². The van der Waals surface area contributed by atoms with Gasteiger partial charge in [0.25, 0.3) is 0 Å². The van der Waals surface area contributed by atoms with Gasteiger partial charge >= 0.3 is 20.8 Å². The minimum atomic E-state index is -4.66. The largest absolute Gasteiger partial charge is 0.413 e. The summed E-state index contributed by atoms with van der Waals surface area (Å²) < 4.78 is 67.2. The predicted molar refractivity (Wildman–Crippen MR) is 66.7 cm³/mol. The van der Waals surface area contributed by atoms with Crippen LogP contribution in [0.2, 0.25) is 0 Å². The van der Waals surface area contributed by atoms with E-state index < -0.39 is 32.9 Å². The maximum absolute atomic E-state index is 10.5. The quantitative estimate of drug-likeness (QED) is 0.357. The Hall–Kier alpha value is -0.340. The molecule has 0 bridgehead atoms. The molecule has 0 aliphatic heterocycles. The van der Waals surface area contributed by atoms with Crippen LogP contribution in [0.25, 0.3) is 0 Å². The fraction of sp³-hybridized carbons (Fsp3) is 1.00. The molecule has 1 aliphatic rings. The average molecular weight is 334 g/mol. The Bertz CT molecular complexity index is 505. The lowest BCUT2D eigenvalue weighted by Gasteiger charge is -2.35. The molecular formula is C8H18N2O8S2. The van der Waals surface area contributed by atoms with Crippen molar-refractivity contribution in [3.05, 3.63) is 0 Å². The molecule has 0 aromatic carbocycles. The van der Waals surface area contributed by atoms with Crippen LogP contribution >= 0.6 is 0 Å². The van der Waals surface area contributed by atoms with Crippen molar-refractivity contribution in [3.8, 4) is 0 Å². The van der Waals surface area contributed by atoms with Gasteiger partial charge in [0.2, 0.25) is 0 Å². The summed E-state index contributed by atoms with van der Waals surface area (Å²) in [5.41, 5.74) is 4.29. The highest BCUT2D eigenvalue weighted by atomic mass is 32.3. The molecule has 0 heterocycles. The summed E-state index contributed by atoms with van der Waals surface area (Å²) in [6, 6.07) is -1.22. The van der Waals surface area contributed by atoms with Crippen LogP contribution in [-0.2, 0) is 29.4 Å². The van der Waals surface area contributed by atoms with E-state index in [1.807, 2.05) is 6.92 Å². The standard InChI is InChI=1S/C8H18N2O8S2/c1-2-6-3-4-7(9-17-19(11,12)13)8(5-6)10-18-20(14,15)16/h6-10H,2-5H2,1H3,(H,11,12,13)(H,14,15,16)/t6?,7-,8-/m1/s1. The summed E-state index contributed by atoms with van der Waals surface area (Å²) in [5, 5.41) is 0. The Balaban J connectivity index is 2.64. The molecule has 0 radical (unpaired) electrons. The van der Waals surface area contributed by atoms with Crippen LogP contribution in [0, 0.1) is 5.92 Å². The van der Waals surface area contributed by atoms with Gasteiger partial charge in [0.05, 0.1) is 12.1 Å². The Labute approximate surface area is 117 Å². The van der Waals surface area contributed by atoms with E-state index in [1.165, 1.54) is 0 Å². The second-order valence-electron chi connectivity index (χ2n) is 4.56. The number of hydrogen-bond donors (Lipinski definition) is 4. The fourth-order valence-corrected chi connectivity index (χ4v) is 2.64. The molecule has 1 saturated carbocycles. The highest BCUT2D eigenvalue weighted by molar-refractivity contribution is 7.81. The lowest BCUT2D eigenvalue weighted by molar-refractivity contribution is 0.0391. The second kappa shape index (κ2) is 7.09. The Morgan fingerprint density at radius 2 is 1.50 bits per heavy atom. The van der Waals surface area contributed by atoms with Gasteiger partial charge in [-0.2, -0.15) is 36.4 Å². The van der Waals surface area contributed by atoms with Gasteiger partial charge in [-0.25, -0.2) is 0 Å². The molecule has 4 N–H and O–H groups in total. The molecule has 0 spiro atoms. The van der Waals surface area contributed by atoms with Gasteiger partial charge in [-0.1, -0.05) is 13.3 Å². The first-order valence-corrected chi connectivity index (χ1v) is 8.66. The van der Waals surface area contributed by atoms with Gasteiger partial charge in [0.1, 0.15) is 0 Å². The van der Waals surface area contributed by atoms with Gasteiger partial charge in [-0.3, -0.25) is 9.11 Å². The lowest BCUT2D eigenvalue weighted by Crippen LogP contribution is -2.52. The van der Waals surface area contributed by atoms with Crippen LogP contribution in [0.4, 0.5) is 0 Å². The Morgan fingerprint density at radius 3 is 1.95 bits per heavy atom. The van der Waals surface area contributed by atoms with E-state index >= 15 is 0 Å². The Morgan fingerprint density at radius 1 is 1.00 bits per heavy atom. The molecule has 10 nitrogen and oxygen atoms in total. The summed E-state index contributed by atoms with van der Waals surface area (Å²) in [6.07, 6.45) is 2.59. The van der Waals surface area contributed by atoms with Crippen LogP contribution in [0.1, 0.15) is 32.6 Å². The molecule has 12 heteroatoms. The van der Waals surface area contributed by atoms with Crippen molar-refractivity contribution in [2.45, 2.75) is 44.7 Å². The summed E-state index contributed by atoms with van der Waals surface area (Å²) >= 11 is 0. The Kier molecular flexibility index (Phi) is 6.27. The number of hydroxylamine groups is 2. The number of nitrogens with one attached hydrogen (secondary N) is 2. The second-order valence-corrected chi connectivity index (χ2v) is 6.60. The zero-order valence-electron chi connectivity index (χ0n) is 10.7. The van der Waals surface area contributed by atoms with Crippen molar-refractivity contribution < 1.29 is 34.5 Å². The third kappa shape index (κ3) is 6.90. The molecule has 0 aromatic rings. The zero-order chi connectivity index (χ0) is 15.4. The number of rotatable bonds is 7. The zero-order valence-corrected chi connectivity index (χ0v) is 12.4. The molecule has 1 aliphatic carbocycles. The van der Waals surface area contributed by atoms with E-state index in [9.17, 15) is 16.8 Å². The summed E-state index contributed by atoms with van der Waals surface area (Å²) in [4.78, 5) is 0. The molecule has 1 fully saturated rings. The van der Waals surface area contributed by atoms with E-state index in [0.717, 1.165) is 12.8 Å². The minimum Gasteiger partial charge on any atom is -0.262 e. The first-order chi connectivity index (χ1) is 9.11. The smallest absolute Gasteiger partial charge is 0.262 e. The number of hydrogen-bond acceptors (Lipinski definition) is 8. The van der Waals surface area contributed by atoms with Crippen LogP contribution in [-0.4, -0.2) is 38.0 Å². The average Bonchev–Trinajstić information content (AvgIpc) is 2.32. The molecule has 1 rings (SSSR count). The van der Waals surface area contributed by atoms with Gasteiger partial charge in [0, 0.05) is 0 Å². The SMILES string of the molecule is CCC1CC[C@@H](NOS(=O)(=O)O)[C@H](NOS(=O)(=O)O)C1. The fourth-order valence-electron chi connectivity index (χ4n) is 2.14. The van der Waals surface area contributed by atoms with Crippen molar-refractivity contribution in [1.29, 1.82) is 0 Å². The maximum atomic E-state index is 10.5. The first kappa shape index (κ1) is 17.7. The van der Waals surface area contributed by atoms with E-state index in [1.54, 1.807) is 0 Å². The molecule has 1 unspecified atom stereocenters. The van der Waals surface area contributed by atoms with Gasteiger partial charge in [-0.15, -0.1) is 0 Å². The highest BCUT2D eigenvalue weighted by Crippen LogP contribution is 2.27. The van der Waals surface area contributed by atoms with Crippen molar-refractivity contribution in [1.82, 2.24) is 11.0 Å². The van der Waals surface area contributed by atoms with Crippen molar-refractivity contribution >= 4 is 20.8 Å². The normalized spacial score (nSPS) is 28.4. The van der Waals surface area contributed by atoms with Crippen LogP contribution in [0.3, 0.4) is 0 Å². The molecular weight excluding hydrogens is 316 g/mol. The monoisotopic (exact) mass is 334 g/mol. The van der Waals surface area contributed by atoms with Crippen LogP contribution in [0.15, 0.2) is 0 Å². The predicted octanol–water partition coefficient (Wildman–Crippen LogP) is -0.418. The first-order valence-electron chi connectivity index (χ1n) is 5.93. The van der Waals surface area contributed by atoms with Gasteiger partial charge < -0.3 is 0 Å². The van der Waals surface area contributed by atoms with Crippen molar-refractivity contribution in [2.24, 2.45) is 5.92 Å². The van der Waals surface area contributed by atoms with E-state index in [-0.39, 0.29) is 0 Å². The third-order valence-corrected chi connectivity index (χ3v) is 3.76. The summed E-state index contributed by atoms with van der Waals surface area (Å²) in [6.45, 7) is 1.97. The molecule has 0 amide bonds.